The van der Waals surface area contributed by atoms with Crippen molar-refractivity contribution < 1.29 is 0 Å². The van der Waals surface area contributed by atoms with Gasteiger partial charge in [-0.05, 0) is 18.9 Å². The molecule has 2 nitrogen and oxygen atoms in total. The lowest BCUT2D eigenvalue weighted by molar-refractivity contribution is 0.474. The van der Waals surface area contributed by atoms with Gasteiger partial charge in [-0.3, -0.25) is 0 Å². The third kappa shape index (κ3) is 4.62. The van der Waals surface area contributed by atoms with E-state index < -0.39 is 0 Å². The second kappa shape index (κ2) is 7.02. The molecule has 0 aromatic carbocycles. The van der Waals surface area contributed by atoms with Crippen LogP contribution in [0.15, 0.2) is 5.38 Å². The smallest absolute Gasteiger partial charge is 0.0954 e. The van der Waals surface area contributed by atoms with Crippen LogP contribution in [0.4, 0.5) is 0 Å². The van der Waals surface area contributed by atoms with E-state index in [1.165, 1.54) is 23.5 Å². The van der Waals surface area contributed by atoms with Crippen LogP contribution in [0.1, 0.15) is 57.2 Å². The molecule has 1 N–H and O–H groups in total. The number of thiazole rings is 1. The summed E-state index contributed by atoms with van der Waals surface area (Å²) in [6.45, 7) is 10.9. The molecule has 3 heteroatoms. The van der Waals surface area contributed by atoms with Gasteiger partial charge in [0.05, 0.1) is 10.7 Å². The Morgan fingerprint density at radius 1 is 1.38 bits per heavy atom. The summed E-state index contributed by atoms with van der Waals surface area (Å²) in [4.78, 5) is 4.61. The van der Waals surface area contributed by atoms with E-state index in [0.717, 1.165) is 19.0 Å². The van der Waals surface area contributed by atoms with Gasteiger partial charge in [0.15, 0.2) is 0 Å². The molecule has 0 aliphatic heterocycles. The highest BCUT2D eigenvalue weighted by molar-refractivity contribution is 7.09. The molecule has 1 heterocycles. The fourth-order valence-corrected chi connectivity index (χ4v) is 2.55. The minimum atomic E-state index is 0.553. The molecule has 16 heavy (non-hydrogen) atoms. The summed E-state index contributed by atoms with van der Waals surface area (Å²) >= 11 is 1.78. The van der Waals surface area contributed by atoms with E-state index in [1.807, 2.05) is 0 Å². The van der Waals surface area contributed by atoms with Crippen LogP contribution >= 0.6 is 11.3 Å². The summed E-state index contributed by atoms with van der Waals surface area (Å²) in [5.74, 6) is 1.32. The Bertz CT molecular complexity index is 294. The minimum absolute atomic E-state index is 0.553. The second-order valence-electron chi connectivity index (χ2n) is 4.86. The lowest BCUT2D eigenvalue weighted by Gasteiger charge is -2.10. The third-order valence-corrected chi connectivity index (χ3v) is 3.84. The van der Waals surface area contributed by atoms with Gasteiger partial charge in [-0.2, -0.15) is 0 Å². The number of hydrogen-bond donors (Lipinski definition) is 1. The standard InChI is InChI=1S/C13H24N2S/c1-5-6-11(4)7-14-8-12-9-16-13(15-12)10(2)3/h9-11,14H,5-8H2,1-4H3. The monoisotopic (exact) mass is 240 g/mol. The summed E-state index contributed by atoms with van der Waals surface area (Å²) in [6, 6.07) is 0. The summed E-state index contributed by atoms with van der Waals surface area (Å²) < 4.78 is 0. The molecule has 92 valence electrons. The lowest BCUT2D eigenvalue weighted by Crippen LogP contribution is -2.20. The molecule has 1 atom stereocenters. The van der Waals surface area contributed by atoms with Crippen molar-refractivity contribution in [3.8, 4) is 0 Å². The van der Waals surface area contributed by atoms with Crippen LogP contribution in [0.3, 0.4) is 0 Å². The van der Waals surface area contributed by atoms with Gasteiger partial charge in [-0.1, -0.05) is 34.1 Å². The van der Waals surface area contributed by atoms with E-state index >= 15 is 0 Å². The van der Waals surface area contributed by atoms with Crippen molar-refractivity contribution in [1.82, 2.24) is 10.3 Å². The van der Waals surface area contributed by atoms with Gasteiger partial charge in [0.2, 0.25) is 0 Å². The average molecular weight is 240 g/mol. The number of nitrogens with zero attached hydrogens (tertiary/aromatic N) is 1. The molecule has 0 aliphatic rings. The molecular weight excluding hydrogens is 216 g/mol. The number of aromatic nitrogens is 1. The van der Waals surface area contributed by atoms with Crippen LogP contribution in [-0.4, -0.2) is 11.5 Å². The molecule has 1 rings (SSSR count). The number of nitrogens with one attached hydrogen (secondary N) is 1. The number of rotatable bonds is 7. The maximum Gasteiger partial charge on any atom is 0.0954 e. The Labute approximate surface area is 103 Å². The summed E-state index contributed by atoms with van der Waals surface area (Å²) in [5, 5.41) is 6.90. The first-order valence-electron chi connectivity index (χ1n) is 6.28. The van der Waals surface area contributed by atoms with Crippen molar-refractivity contribution in [2.45, 2.75) is 53.0 Å². The van der Waals surface area contributed by atoms with Crippen molar-refractivity contribution in [2.24, 2.45) is 5.92 Å². The average Bonchev–Trinajstić information content (AvgIpc) is 2.67. The molecule has 0 fully saturated rings. The summed E-state index contributed by atoms with van der Waals surface area (Å²) in [5.41, 5.74) is 1.19. The predicted octanol–water partition coefficient (Wildman–Crippen LogP) is 3.79. The molecular formula is C13H24N2S. The van der Waals surface area contributed by atoms with Crippen molar-refractivity contribution in [3.05, 3.63) is 16.1 Å². The maximum absolute atomic E-state index is 4.61. The van der Waals surface area contributed by atoms with Gasteiger partial charge < -0.3 is 5.32 Å². The Kier molecular flexibility index (Phi) is 5.99. The zero-order chi connectivity index (χ0) is 12.0. The van der Waals surface area contributed by atoms with E-state index in [0.29, 0.717) is 5.92 Å². The summed E-state index contributed by atoms with van der Waals surface area (Å²) in [7, 11) is 0. The zero-order valence-electron chi connectivity index (χ0n) is 10.9. The van der Waals surface area contributed by atoms with Crippen LogP contribution in [0.5, 0.6) is 0 Å². The molecule has 0 saturated carbocycles. The number of hydrogen-bond acceptors (Lipinski definition) is 3. The summed E-state index contributed by atoms with van der Waals surface area (Å²) in [6.07, 6.45) is 2.58. The highest BCUT2D eigenvalue weighted by Crippen LogP contribution is 2.18. The second-order valence-corrected chi connectivity index (χ2v) is 5.75. The molecule has 0 amide bonds. The zero-order valence-corrected chi connectivity index (χ0v) is 11.7. The Balaban J connectivity index is 2.26. The van der Waals surface area contributed by atoms with Crippen LogP contribution in [0.2, 0.25) is 0 Å². The van der Waals surface area contributed by atoms with Crippen LogP contribution in [0.25, 0.3) is 0 Å². The van der Waals surface area contributed by atoms with Gasteiger partial charge in [-0.15, -0.1) is 11.3 Å². The highest BCUT2D eigenvalue weighted by atomic mass is 32.1. The molecule has 0 saturated heterocycles. The fourth-order valence-electron chi connectivity index (χ4n) is 1.71. The normalized spacial score (nSPS) is 13.3. The SMILES string of the molecule is CCCC(C)CNCc1csc(C(C)C)n1. The fraction of sp³-hybridized carbons (Fsp3) is 0.769. The largest absolute Gasteiger partial charge is 0.311 e. The topological polar surface area (TPSA) is 24.9 Å². The van der Waals surface area contributed by atoms with Crippen LogP contribution in [-0.2, 0) is 6.54 Å². The van der Waals surface area contributed by atoms with E-state index in [4.69, 9.17) is 0 Å². The van der Waals surface area contributed by atoms with Gasteiger partial charge in [0.1, 0.15) is 0 Å². The molecule has 1 unspecified atom stereocenters. The predicted molar refractivity (Wildman–Crippen MR) is 72.0 cm³/mol. The Hall–Kier alpha value is -0.410. The van der Waals surface area contributed by atoms with Gasteiger partial charge in [-0.25, -0.2) is 4.98 Å². The van der Waals surface area contributed by atoms with Gasteiger partial charge in [0, 0.05) is 17.8 Å². The van der Waals surface area contributed by atoms with E-state index in [1.54, 1.807) is 11.3 Å². The minimum Gasteiger partial charge on any atom is -0.311 e. The quantitative estimate of drug-likeness (QED) is 0.784. The molecule has 0 radical (unpaired) electrons. The van der Waals surface area contributed by atoms with Crippen molar-refractivity contribution in [2.75, 3.05) is 6.54 Å². The van der Waals surface area contributed by atoms with E-state index in [2.05, 4.69) is 43.4 Å². The first-order chi connectivity index (χ1) is 7.63. The van der Waals surface area contributed by atoms with Crippen LogP contribution < -0.4 is 5.32 Å². The Morgan fingerprint density at radius 3 is 2.69 bits per heavy atom. The highest BCUT2D eigenvalue weighted by Gasteiger charge is 2.06. The van der Waals surface area contributed by atoms with Crippen LogP contribution in [0, 0.1) is 5.92 Å². The molecule has 0 bridgehead atoms. The van der Waals surface area contributed by atoms with E-state index in [9.17, 15) is 0 Å². The first-order valence-corrected chi connectivity index (χ1v) is 7.16. The van der Waals surface area contributed by atoms with Gasteiger partial charge >= 0.3 is 0 Å². The molecule has 1 aromatic heterocycles. The Morgan fingerprint density at radius 2 is 2.12 bits per heavy atom. The molecule has 0 spiro atoms. The van der Waals surface area contributed by atoms with Crippen molar-refractivity contribution >= 4 is 11.3 Å². The van der Waals surface area contributed by atoms with Crippen molar-refractivity contribution in [3.63, 3.8) is 0 Å². The van der Waals surface area contributed by atoms with Gasteiger partial charge in [0.25, 0.3) is 0 Å². The first kappa shape index (κ1) is 13.7. The van der Waals surface area contributed by atoms with Crippen molar-refractivity contribution in [1.29, 1.82) is 0 Å². The van der Waals surface area contributed by atoms with E-state index in [-0.39, 0.29) is 0 Å². The maximum atomic E-state index is 4.61. The lowest BCUT2D eigenvalue weighted by atomic mass is 10.1. The molecule has 1 aromatic rings. The third-order valence-electron chi connectivity index (χ3n) is 2.64. The molecule has 0 aliphatic carbocycles.